The van der Waals surface area contributed by atoms with E-state index in [1.807, 2.05) is 36.8 Å². The van der Waals surface area contributed by atoms with Gasteiger partial charge in [0.05, 0.1) is 17.3 Å². The molecule has 0 spiro atoms. The lowest BCUT2D eigenvalue weighted by atomic mass is 10.00. The number of amides is 1. The number of benzene rings is 1. The maximum atomic E-state index is 15.2. The number of thiophene rings is 1. The van der Waals surface area contributed by atoms with Gasteiger partial charge >= 0.3 is 5.97 Å². The molecule has 2 aliphatic heterocycles. The molecule has 1 N–H and O–H groups in total. The Kier molecular flexibility index (Phi) is 7.49. The van der Waals surface area contributed by atoms with E-state index in [-0.39, 0.29) is 23.1 Å². The van der Waals surface area contributed by atoms with Gasteiger partial charge in [0.25, 0.3) is 5.91 Å². The second-order valence-electron chi connectivity index (χ2n) is 9.73. The summed E-state index contributed by atoms with van der Waals surface area (Å²) < 4.78 is 15.2. The van der Waals surface area contributed by atoms with Crippen molar-refractivity contribution in [3.8, 4) is 11.3 Å². The van der Waals surface area contributed by atoms with Gasteiger partial charge in [0.2, 0.25) is 0 Å². The zero-order chi connectivity index (χ0) is 28.6. The van der Waals surface area contributed by atoms with E-state index in [4.69, 9.17) is 10.1 Å². The molecule has 0 bridgehead atoms. The van der Waals surface area contributed by atoms with Crippen LogP contribution in [0.1, 0.15) is 52.7 Å². The molecule has 40 heavy (non-hydrogen) atoms. The number of carbonyl (C=O) groups is 2. The minimum Gasteiger partial charge on any atom is -0.478 e. The summed E-state index contributed by atoms with van der Waals surface area (Å²) in [6.07, 6.45) is 6.27. The van der Waals surface area contributed by atoms with Crippen LogP contribution < -0.4 is 0 Å². The maximum Gasteiger partial charge on any atom is 0.337 e. The van der Waals surface area contributed by atoms with E-state index in [0.717, 1.165) is 12.1 Å². The lowest BCUT2D eigenvalue weighted by molar-refractivity contribution is -0.126. The van der Waals surface area contributed by atoms with Gasteiger partial charge in [0.1, 0.15) is 17.3 Å². The van der Waals surface area contributed by atoms with E-state index < -0.39 is 11.8 Å². The molecule has 1 amide bonds. The van der Waals surface area contributed by atoms with Crippen LogP contribution in [-0.2, 0) is 11.2 Å². The fourth-order valence-corrected chi connectivity index (χ4v) is 5.97. The summed E-state index contributed by atoms with van der Waals surface area (Å²) in [4.78, 5) is 38.6. The molecule has 9 heteroatoms. The van der Waals surface area contributed by atoms with Crippen molar-refractivity contribution in [1.82, 2.24) is 14.8 Å². The first-order valence-electron chi connectivity index (χ1n) is 13.0. The average molecular weight is 557 g/mol. The number of aromatic carboxylic acids is 1. The number of hydrogen-bond acceptors (Lipinski definition) is 6. The number of fused-ring (bicyclic) bond motifs is 1. The van der Waals surface area contributed by atoms with Gasteiger partial charge < -0.3 is 14.9 Å². The van der Waals surface area contributed by atoms with Gasteiger partial charge in [-0.1, -0.05) is 25.6 Å². The Morgan fingerprint density at radius 3 is 2.73 bits per heavy atom. The first-order valence-corrected chi connectivity index (χ1v) is 13.9. The van der Waals surface area contributed by atoms with Gasteiger partial charge in [-0.25, -0.2) is 14.2 Å². The van der Waals surface area contributed by atoms with Gasteiger partial charge in [-0.05, 0) is 72.7 Å². The SMILES string of the molecule is C=C(/C=C1/N=C(C(=O)N2CCc3sccc3C2C)C=C(CC)N1C)c1ccc(-c2ccc(C(=O)O)cn2)cc1F. The number of carboxylic acid groups (broad SMARTS) is 1. The fourth-order valence-electron chi connectivity index (χ4n) is 5.00. The molecular formula is C31H29FN4O3S. The number of aromatic nitrogens is 1. The van der Waals surface area contributed by atoms with Crippen LogP contribution in [-0.4, -0.2) is 51.1 Å². The van der Waals surface area contributed by atoms with Crippen molar-refractivity contribution < 1.29 is 19.1 Å². The van der Waals surface area contributed by atoms with Crippen LogP contribution in [0.5, 0.6) is 0 Å². The summed E-state index contributed by atoms with van der Waals surface area (Å²) in [5.74, 6) is -1.20. The third-order valence-corrected chi connectivity index (χ3v) is 8.35. The number of aliphatic imine (C=N–C) groups is 1. The van der Waals surface area contributed by atoms with Crippen LogP contribution in [0, 0.1) is 5.82 Å². The van der Waals surface area contributed by atoms with Gasteiger partial charge in [-0.3, -0.25) is 9.78 Å². The van der Waals surface area contributed by atoms with Crippen LogP contribution in [0.3, 0.4) is 0 Å². The van der Waals surface area contributed by atoms with E-state index in [0.29, 0.717) is 41.3 Å². The van der Waals surface area contributed by atoms with E-state index in [1.165, 1.54) is 28.8 Å². The first kappa shape index (κ1) is 27.2. The van der Waals surface area contributed by atoms with Crippen molar-refractivity contribution in [1.29, 1.82) is 0 Å². The first-order chi connectivity index (χ1) is 19.2. The van der Waals surface area contributed by atoms with Crippen LogP contribution in [0.25, 0.3) is 16.8 Å². The Bertz CT molecular complexity index is 1600. The maximum absolute atomic E-state index is 15.2. The molecule has 204 valence electrons. The molecule has 0 aliphatic carbocycles. The molecular weight excluding hydrogens is 527 g/mol. The number of pyridine rings is 1. The number of allylic oxidation sites excluding steroid dienone is 3. The quantitative estimate of drug-likeness (QED) is 0.384. The fraction of sp³-hybridized carbons (Fsp3) is 0.226. The van der Waals surface area contributed by atoms with Gasteiger partial charge in [0.15, 0.2) is 0 Å². The predicted molar refractivity (Wildman–Crippen MR) is 155 cm³/mol. The Morgan fingerprint density at radius 2 is 2.05 bits per heavy atom. The highest BCUT2D eigenvalue weighted by atomic mass is 32.1. The monoisotopic (exact) mass is 556 g/mol. The second-order valence-corrected chi connectivity index (χ2v) is 10.7. The zero-order valence-corrected chi connectivity index (χ0v) is 23.3. The van der Waals surface area contributed by atoms with Crippen LogP contribution >= 0.6 is 11.3 Å². The Balaban J connectivity index is 1.41. The van der Waals surface area contributed by atoms with E-state index in [9.17, 15) is 9.59 Å². The highest BCUT2D eigenvalue weighted by Crippen LogP contribution is 2.34. The zero-order valence-electron chi connectivity index (χ0n) is 22.5. The summed E-state index contributed by atoms with van der Waals surface area (Å²) in [6.45, 7) is 8.77. The summed E-state index contributed by atoms with van der Waals surface area (Å²) in [5.41, 5.74) is 4.19. The smallest absolute Gasteiger partial charge is 0.337 e. The van der Waals surface area contributed by atoms with Crippen molar-refractivity contribution in [2.45, 2.75) is 32.7 Å². The lowest BCUT2D eigenvalue weighted by Gasteiger charge is -2.35. The third-order valence-electron chi connectivity index (χ3n) is 7.36. The average Bonchev–Trinajstić information content (AvgIpc) is 3.44. The largest absolute Gasteiger partial charge is 0.478 e. The summed E-state index contributed by atoms with van der Waals surface area (Å²) >= 11 is 1.73. The molecule has 0 saturated carbocycles. The van der Waals surface area contributed by atoms with Crippen LogP contribution in [0.4, 0.5) is 4.39 Å². The summed E-state index contributed by atoms with van der Waals surface area (Å²) in [5, 5.41) is 11.1. The highest BCUT2D eigenvalue weighted by molar-refractivity contribution is 7.10. The Hall–Kier alpha value is -4.37. The normalized spacial score (nSPS) is 17.8. The van der Waals surface area contributed by atoms with Crippen molar-refractivity contribution in [2.75, 3.05) is 13.6 Å². The standard InChI is InChI=1S/C31H29FN4O3S/c1-5-22-16-27(30(37)36-12-10-28-24(19(36)3)11-13-40-28)34-29(35(22)4)14-18(2)23-8-6-20(15-25(23)32)26-9-7-21(17-33-26)31(38)39/h6-9,11,13-17,19H,2,5,10,12H2,1,3-4H3,(H,38,39)/b29-14-. The third kappa shape index (κ3) is 5.12. The lowest BCUT2D eigenvalue weighted by Crippen LogP contribution is -2.42. The minimum absolute atomic E-state index is 0.0341. The minimum atomic E-state index is -1.08. The molecule has 7 nitrogen and oxygen atoms in total. The highest BCUT2D eigenvalue weighted by Gasteiger charge is 2.32. The molecule has 0 fully saturated rings. The molecule has 1 atom stereocenters. The molecule has 4 heterocycles. The van der Waals surface area contributed by atoms with Crippen molar-refractivity contribution in [3.63, 3.8) is 0 Å². The molecule has 1 unspecified atom stereocenters. The molecule has 0 radical (unpaired) electrons. The molecule has 3 aromatic rings. The number of nitrogens with zero attached hydrogens (tertiary/aromatic N) is 4. The van der Waals surface area contributed by atoms with Gasteiger partial charge in [-0.2, -0.15) is 0 Å². The molecule has 1 aromatic carbocycles. The number of hydrogen-bond donors (Lipinski definition) is 1. The number of carbonyl (C=O) groups excluding carboxylic acids is 1. The van der Waals surface area contributed by atoms with Crippen molar-refractivity contribution in [3.05, 3.63) is 106 Å². The van der Waals surface area contributed by atoms with E-state index in [1.54, 1.807) is 35.6 Å². The molecule has 0 saturated heterocycles. The molecule has 2 aliphatic rings. The van der Waals surface area contributed by atoms with Gasteiger partial charge in [0, 0.05) is 41.5 Å². The second kappa shape index (κ2) is 11.0. The predicted octanol–water partition coefficient (Wildman–Crippen LogP) is 6.33. The summed E-state index contributed by atoms with van der Waals surface area (Å²) in [6, 6.07) is 9.69. The number of rotatable bonds is 6. The summed E-state index contributed by atoms with van der Waals surface area (Å²) in [7, 11) is 1.87. The molecule has 5 rings (SSSR count). The molecule has 2 aromatic heterocycles. The van der Waals surface area contributed by atoms with E-state index >= 15 is 4.39 Å². The van der Waals surface area contributed by atoms with Crippen molar-refractivity contribution >= 4 is 34.5 Å². The Morgan fingerprint density at radius 1 is 1.25 bits per heavy atom. The van der Waals surface area contributed by atoms with Crippen LogP contribution in [0.2, 0.25) is 0 Å². The van der Waals surface area contributed by atoms with Gasteiger partial charge in [-0.15, -0.1) is 11.3 Å². The van der Waals surface area contributed by atoms with E-state index in [2.05, 4.69) is 23.0 Å². The van der Waals surface area contributed by atoms with Crippen molar-refractivity contribution in [2.24, 2.45) is 4.99 Å². The topological polar surface area (TPSA) is 86.1 Å². The number of halogens is 1. The Labute approximate surface area is 236 Å². The number of carboxylic acids is 1. The van der Waals surface area contributed by atoms with Crippen LogP contribution in [0.15, 0.2) is 83.2 Å².